The summed E-state index contributed by atoms with van der Waals surface area (Å²) in [7, 11) is 0. The minimum atomic E-state index is -0.0179. The van der Waals surface area contributed by atoms with Crippen molar-refractivity contribution in [3.63, 3.8) is 0 Å². The molecule has 0 saturated carbocycles. The van der Waals surface area contributed by atoms with Crippen molar-refractivity contribution in [1.82, 2.24) is 0 Å². The minimum absolute atomic E-state index is 0.00852. The van der Waals surface area contributed by atoms with Gasteiger partial charge >= 0.3 is 0 Å². The van der Waals surface area contributed by atoms with Gasteiger partial charge in [-0.05, 0) is 131 Å². The standard InChI is InChI=1S/C47H66N10/c1-7-10-12-17-46(4,5)56-37-15-13-14-36(26-37)52-42-28-43(53-38-20-32(48)19-33(49)21-38)30-44(29-42)55-40-23-34(50)22-39(27-40)54-41-24-35(51)25-45(31-41)57-47(6,16-9-3)18-11-8-2/h13-15,19-31,52-57H,7-12,16-18,48-51H2,1-6H3. The molecule has 0 amide bonds. The summed E-state index contributed by atoms with van der Waals surface area (Å²) in [5.41, 5.74) is 36.6. The molecule has 0 heterocycles. The predicted octanol–water partition coefficient (Wildman–Crippen LogP) is 12.9. The monoisotopic (exact) mass is 771 g/mol. The first-order valence-corrected chi connectivity index (χ1v) is 20.6. The second-order valence-electron chi connectivity index (χ2n) is 16.5. The van der Waals surface area contributed by atoms with Crippen LogP contribution in [0.2, 0.25) is 0 Å². The number of benzene rings is 5. The largest absolute Gasteiger partial charge is 0.399 e. The van der Waals surface area contributed by atoms with Gasteiger partial charge in [0.25, 0.3) is 0 Å². The van der Waals surface area contributed by atoms with E-state index in [1.807, 2.05) is 48.5 Å². The van der Waals surface area contributed by atoms with Crippen molar-refractivity contribution < 1.29 is 0 Å². The van der Waals surface area contributed by atoms with Crippen molar-refractivity contribution in [2.24, 2.45) is 0 Å². The van der Waals surface area contributed by atoms with Gasteiger partial charge in [0, 0.05) is 90.7 Å². The number of unbranched alkanes of at least 4 members (excludes halogenated alkanes) is 3. The Morgan fingerprint density at radius 2 is 0.789 bits per heavy atom. The van der Waals surface area contributed by atoms with Crippen LogP contribution in [0.1, 0.15) is 99.3 Å². The van der Waals surface area contributed by atoms with Crippen molar-refractivity contribution in [1.29, 1.82) is 0 Å². The van der Waals surface area contributed by atoms with E-state index in [4.69, 9.17) is 22.9 Å². The molecule has 0 aliphatic heterocycles. The fourth-order valence-corrected chi connectivity index (χ4v) is 7.51. The minimum Gasteiger partial charge on any atom is -0.399 e. The summed E-state index contributed by atoms with van der Waals surface area (Å²) in [6.07, 6.45) is 10.4. The van der Waals surface area contributed by atoms with Crippen LogP contribution in [-0.4, -0.2) is 11.1 Å². The molecule has 0 bridgehead atoms. The van der Waals surface area contributed by atoms with Gasteiger partial charge in [-0.2, -0.15) is 0 Å². The van der Waals surface area contributed by atoms with Gasteiger partial charge in [0.05, 0.1) is 0 Å². The number of nitrogens with two attached hydrogens (primary N) is 4. The summed E-state index contributed by atoms with van der Waals surface area (Å²) in [6.45, 7) is 13.5. The molecule has 0 radical (unpaired) electrons. The maximum atomic E-state index is 6.50. The number of nitrogens with one attached hydrogen (secondary N) is 6. The number of hydrogen-bond donors (Lipinski definition) is 10. The van der Waals surface area contributed by atoms with Crippen LogP contribution in [0.15, 0.2) is 97.1 Å². The fourth-order valence-electron chi connectivity index (χ4n) is 7.51. The van der Waals surface area contributed by atoms with Crippen LogP contribution in [0.25, 0.3) is 0 Å². The van der Waals surface area contributed by atoms with Gasteiger partial charge in [0.15, 0.2) is 0 Å². The number of hydrogen-bond acceptors (Lipinski definition) is 10. The Morgan fingerprint density at radius 1 is 0.386 bits per heavy atom. The zero-order valence-electron chi connectivity index (χ0n) is 34.9. The highest BCUT2D eigenvalue weighted by Gasteiger charge is 2.23. The highest BCUT2D eigenvalue weighted by Crippen LogP contribution is 2.35. The van der Waals surface area contributed by atoms with Gasteiger partial charge in [-0.1, -0.05) is 65.4 Å². The lowest BCUT2D eigenvalue weighted by Gasteiger charge is -2.32. The van der Waals surface area contributed by atoms with Crippen LogP contribution < -0.4 is 54.8 Å². The summed E-state index contributed by atoms with van der Waals surface area (Å²) in [5.74, 6) is 0. The van der Waals surface area contributed by atoms with Gasteiger partial charge < -0.3 is 54.8 Å². The quantitative estimate of drug-likeness (QED) is 0.0255. The fraction of sp³-hybridized carbons (Fsp3) is 0.362. The molecule has 1 atom stereocenters. The smallest absolute Gasteiger partial charge is 0.0425 e. The first kappa shape index (κ1) is 42.2. The molecule has 0 spiro atoms. The Morgan fingerprint density at radius 3 is 1.30 bits per heavy atom. The van der Waals surface area contributed by atoms with Gasteiger partial charge in [-0.25, -0.2) is 0 Å². The molecule has 5 rings (SSSR count). The molecule has 1 unspecified atom stereocenters. The molecule has 5 aromatic rings. The van der Waals surface area contributed by atoms with Crippen LogP contribution in [0.3, 0.4) is 0 Å². The van der Waals surface area contributed by atoms with Crippen molar-refractivity contribution in [2.45, 2.75) is 110 Å². The van der Waals surface area contributed by atoms with E-state index in [9.17, 15) is 0 Å². The van der Waals surface area contributed by atoms with Gasteiger partial charge in [0.1, 0.15) is 0 Å². The Bertz CT molecular complexity index is 2060. The summed E-state index contributed by atoms with van der Waals surface area (Å²) < 4.78 is 0. The third-order valence-corrected chi connectivity index (χ3v) is 10.1. The molecule has 14 N–H and O–H groups in total. The second-order valence-corrected chi connectivity index (χ2v) is 16.5. The highest BCUT2D eigenvalue weighted by atomic mass is 15.0. The zero-order valence-corrected chi connectivity index (χ0v) is 34.9. The van der Waals surface area contributed by atoms with E-state index in [2.05, 4.69) is 116 Å². The van der Waals surface area contributed by atoms with E-state index in [1.165, 1.54) is 25.7 Å². The van der Waals surface area contributed by atoms with Crippen molar-refractivity contribution in [2.75, 3.05) is 54.8 Å². The van der Waals surface area contributed by atoms with E-state index in [1.54, 1.807) is 6.07 Å². The molecular weight excluding hydrogens is 705 g/mol. The lowest BCUT2D eigenvalue weighted by atomic mass is 9.89. The molecule has 10 heteroatoms. The Labute approximate surface area is 341 Å². The van der Waals surface area contributed by atoms with E-state index in [0.717, 1.165) is 89.0 Å². The van der Waals surface area contributed by atoms with Crippen molar-refractivity contribution in [3.05, 3.63) is 97.1 Å². The summed E-state index contributed by atoms with van der Waals surface area (Å²) in [4.78, 5) is 0. The maximum absolute atomic E-state index is 6.50. The molecule has 5 aromatic carbocycles. The van der Waals surface area contributed by atoms with Gasteiger partial charge in [-0.15, -0.1) is 0 Å². The van der Waals surface area contributed by atoms with E-state index in [0.29, 0.717) is 22.7 Å². The predicted molar refractivity (Wildman–Crippen MR) is 251 cm³/mol. The first-order valence-electron chi connectivity index (χ1n) is 20.6. The third kappa shape index (κ3) is 13.4. The first-order chi connectivity index (χ1) is 27.2. The average molecular weight is 771 g/mol. The van der Waals surface area contributed by atoms with Crippen LogP contribution in [0, 0.1) is 0 Å². The van der Waals surface area contributed by atoms with Crippen molar-refractivity contribution >= 4 is 79.6 Å². The highest BCUT2D eigenvalue weighted by molar-refractivity contribution is 5.81. The van der Waals surface area contributed by atoms with Gasteiger partial charge in [-0.3, -0.25) is 0 Å². The van der Waals surface area contributed by atoms with E-state index in [-0.39, 0.29) is 11.1 Å². The molecule has 0 fully saturated rings. The Balaban J connectivity index is 1.41. The van der Waals surface area contributed by atoms with Crippen LogP contribution in [0.4, 0.5) is 79.6 Å². The number of rotatable bonds is 21. The van der Waals surface area contributed by atoms with Gasteiger partial charge in [0.2, 0.25) is 0 Å². The lowest BCUT2D eigenvalue weighted by molar-refractivity contribution is 0.417. The molecule has 0 saturated heterocycles. The molecule has 0 aliphatic rings. The second kappa shape index (κ2) is 19.3. The van der Waals surface area contributed by atoms with Crippen LogP contribution >= 0.6 is 0 Å². The zero-order chi connectivity index (χ0) is 41.0. The SMILES string of the molecule is CCCCCC(C)(C)Nc1cccc(Nc2cc(Nc3cc(N)cc(N)c3)cc(Nc3cc(N)cc(Nc4cc(N)cc(NC(C)(CCC)CCCC)c4)c3)c2)c1. The topological polar surface area (TPSA) is 176 Å². The Hall–Kier alpha value is -5.90. The average Bonchev–Trinajstić information content (AvgIpc) is 3.10. The normalized spacial score (nSPS) is 12.4. The molecule has 0 aliphatic carbocycles. The molecule has 304 valence electrons. The summed E-state index contributed by atoms with van der Waals surface area (Å²) >= 11 is 0. The summed E-state index contributed by atoms with van der Waals surface area (Å²) in [5, 5.41) is 21.8. The molecular formula is C47H66N10. The number of nitrogen functional groups attached to an aromatic ring is 4. The molecule has 0 aromatic heterocycles. The lowest BCUT2D eigenvalue weighted by Crippen LogP contribution is -2.34. The van der Waals surface area contributed by atoms with Crippen LogP contribution in [-0.2, 0) is 0 Å². The maximum Gasteiger partial charge on any atom is 0.0425 e. The molecule has 10 nitrogen and oxygen atoms in total. The van der Waals surface area contributed by atoms with E-state index < -0.39 is 0 Å². The van der Waals surface area contributed by atoms with Crippen molar-refractivity contribution in [3.8, 4) is 0 Å². The third-order valence-electron chi connectivity index (χ3n) is 10.1. The number of anilines is 14. The molecule has 57 heavy (non-hydrogen) atoms. The Kier molecular flexibility index (Phi) is 14.3. The summed E-state index contributed by atoms with van der Waals surface area (Å²) in [6, 6.07) is 32.0. The van der Waals surface area contributed by atoms with E-state index >= 15 is 0 Å². The van der Waals surface area contributed by atoms with Crippen LogP contribution in [0.5, 0.6) is 0 Å².